The van der Waals surface area contributed by atoms with Crippen molar-refractivity contribution < 1.29 is 13.9 Å². The van der Waals surface area contributed by atoms with Gasteiger partial charge >= 0.3 is 6.03 Å². The molecule has 2 aromatic heterocycles. The van der Waals surface area contributed by atoms with Gasteiger partial charge in [0.1, 0.15) is 17.7 Å². The monoisotopic (exact) mass is 495 g/mol. The van der Waals surface area contributed by atoms with E-state index in [1.165, 1.54) is 18.5 Å². The molecule has 2 aromatic carbocycles. The van der Waals surface area contributed by atoms with Crippen LogP contribution in [0.3, 0.4) is 0 Å². The molecule has 2 amide bonds. The second-order valence-electron chi connectivity index (χ2n) is 8.13. The van der Waals surface area contributed by atoms with Crippen molar-refractivity contribution in [3.63, 3.8) is 0 Å². The van der Waals surface area contributed by atoms with E-state index in [1.807, 2.05) is 6.07 Å². The zero-order chi connectivity index (χ0) is 24.4. The first-order valence-corrected chi connectivity index (χ1v) is 11.4. The predicted molar refractivity (Wildman–Crippen MR) is 133 cm³/mol. The summed E-state index contributed by atoms with van der Waals surface area (Å²) in [5.74, 6) is -0.292. The van der Waals surface area contributed by atoms with Gasteiger partial charge in [-0.05, 0) is 42.0 Å². The third-order valence-electron chi connectivity index (χ3n) is 5.76. The zero-order valence-corrected chi connectivity index (χ0v) is 19.4. The molecular weight excluding hydrogens is 473 g/mol. The Bertz CT molecular complexity index is 1390. The number of nitrogen functional groups attached to an aromatic ring is 1. The Labute approximate surface area is 205 Å². The number of anilines is 3. The fourth-order valence-electron chi connectivity index (χ4n) is 4.09. The van der Waals surface area contributed by atoms with E-state index >= 15 is 4.39 Å². The summed E-state index contributed by atoms with van der Waals surface area (Å²) in [6.45, 7) is 3.63. The summed E-state index contributed by atoms with van der Waals surface area (Å²) in [6.07, 6.45) is 1.40. The number of hydrogen-bond acceptors (Lipinski definition) is 6. The summed E-state index contributed by atoms with van der Waals surface area (Å²) in [4.78, 5) is 18.7. The van der Waals surface area contributed by atoms with Crippen LogP contribution in [0.15, 0.2) is 54.9 Å². The number of nitrogens with one attached hydrogen (secondary N) is 2. The normalized spacial score (nSPS) is 14.2. The molecular formula is C24H23ClFN7O2. The standard InChI is InChI=1S/C24H23ClFN7O2/c25-16-2-1-3-17(11-16)30-24(34)31-21-5-4-15(10-20(21)26)19-12-18(13-32-6-8-35-9-7-32)33-22(19)23(27)28-14-29-33/h1-5,10-12,14H,6-9,13H2,(H2,27,28,29)(H2,30,31,34). The van der Waals surface area contributed by atoms with E-state index in [9.17, 15) is 4.79 Å². The summed E-state index contributed by atoms with van der Waals surface area (Å²) in [5, 5.41) is 10.0. The highest BCUT2D eigenvalue weighted by molar-refractivity contribution is 6.30. The SMILES string of the molecule is Nc1ncnn2c(CN3CCOCC3)cc(-c3ccc(NC(=O)Nc4cccc(Cl)c4)c(F)c3)c12. The van der Waals surface area contributed by atoms with Gasteiger partial charge in [0.05, 0.1) is 24.6 Å². The number of rotatable bonds is 5. The predicted octanol–water partition coefficient (Wildman–Crippen LogP) is 4.25. The summed E-state index contributed by atoms with van der Waals surface area (Å²) < 4.78 is 22.2. The first kappa shape index (κ1) is 23.0. The number of nitrogens with zero attached hydrogens (tertiary/aromatic N) is 4. The topological polar surface area (TPSA) is 110 Å². The average Bonchev–Trinajstić information content (AvgIpc) is 3.20. The van der Waals surface area contributed by atoms with Gasteiger partial charge in [-0.25, -0.2) is 18.7 Å². The summed E-state index contributed by atoms with van der Waals surface area (Å²) >= 11 is 5.94. The van der Waals surface area contributed by atoms with Crippen LogP contribution in [0.4, 0.5) is 26.4 Å². The Kier molecular flexibility index (Phi) is 6.49. The van der Waals surface area contributed by atoms with E-state index in [0.717, 1.165) is 18.8 Å². The molecule has 9 nitrogen and oxygen atoms in total. The quantitative estimate of drug-likeness (QED) is 0.382. The molecule has 1 fully saturated rings. The maximum Gasteiger partial charge on any atom is 0.323 e. The van der Waals surface area contributed by atoms with Crippen LogP contribution >= 0.6 is 11.6 Å². The fraction of sp³-hybridized carbons (Fsp3) is 0.208. The number of nitrogens with two attached hydrogens (primary N) is 1. The van der Waals surface area contributed by atoms with Crippen molar-refractivity contribution >= 4 is 40.3 Å². The molecule has 4 N–H and O–H groups in total. The third kappa shape index (κ3) is 5.04. The van der Waals surface area contributed by atoms with Crippen LogP contribution in [-0.2, 0) is 11.3 Å². The first-order valence-electron chi connectivity index (χ1n) is 11.0. The van der Waals surface area contributed by atoms with Crippen molar-refractivity contribution in [2.24, 2.45) is 0 Å². The molecule has 3 heterocycles. The van der Waals surface area contributed by atoms with Gasteiger partial charge in [0, 0.05) is 35.9 Å². The lowest BCUT2D eigenvalue weighted by atomic mass is 10.1. The van der Waals surface area contributed by atoms with Crippen LogP contribution < -0.4 is 16.4 Å². The lowest BCUT2D eigenvalue weighted by Gasteiger charge is -2.26. The summed E-state index contributed by atoms with van der Waals surface area (Å²) in [6, 6.07) is 12.6. The number of hydrogen-bond donors (Lipinski definition) is 3. The van der Waals surface area contributed by atoms with Crippen molar-refractivity contribution in [2.75, 3.05) is 42.7 Å². The highest BCUT2D eigenvalue weighted by Crippen LogP contribution is 2.33. The average molecular weight is 496 g/mol. The number of urea groups is 1. The van der Waals surface area contributed by atoms with Crippen LogP contribution in [-0.4, -0.2) is 51.8 Å². The summed E-state index contributed by atoms with van der Waals surface area (Å²) in [7, 11) is 0. The van der Waals surface area contributed by atoms with E-state index in [1.54, 1.807) is 34.8 Å². The Balaban J connectivity index is 1.41. The molecule has 1 aliphatic heterocycles. The molecule has 0 saturated carbocycles. The molecule has 0 unspecified atom stereocenters. The number of benzene rings is 2. The van der Waals surface area contributed by atoms with E-state index in [-0.39, 0.29) is 5.69 Å². The third-order valence-corrected chi connectivity index (χ3v) is 5.99. The Morgan fingerprint density at radius 3 is 2.74 bits per heavy atom. The van der Waals surface area contributed by atoms with E-state index in [2.05, 4.69) is 25.6 Å². The number of halogens is 2. The molecule has 0 aliphatic carbocycles. The van der Waals surface area contributed by atoms with Crippen LogP contribution in [0.2, 0.25) is 5.02 Å². The molecule has 11 heteroatoms. The molecule has 0 spiro atoms. The van der Waals surface area contributed by atoms with Crippen molar-refractivity contribution in [2.45, 2.75) is 6.54 Å². The number of carbonyl (C=O) groups is 1. The van der Waals surface area contributed by atoms with Gasteiger partial charge in [-0.2, -0.15) is 5.10 Å². The molecule has 1 saturated heterocycles. The van der Waals surface area contributed by atoms with Gasteiger partial charge in [0.2, 0.25) is 0 Å². The molecule has 35 heavy (non-hydrogen) atoms. The highest BCUT2D eigenvalue weighted by atomic mass is 35.5. The van der Waals surface area contributed by atoms with Crippen molar-refractivity contribution in [1.29, 1.82) is 0 Å². The highest BCUT2D eigenvalue weighted by Gasteiger charge is 2.19. The number of morpholine rings is 1. The first-order chi connectivity index (χ1) is 17.0. The minimum absolute atomic E-state index is 0.0366. The van der Waals surface area contributed by atoms with Crippen molar-refractivity contribution in [1.82, 2.24) is 19.5 Å². The molecule has 180 valence electrons. The Morgan fingerprint density at radius 1 is 1.14 bits per heavy atom. The van der Waals surface area contributed by atoms with Gasteiger partial charge < -0.3 is 21.1 Å². The molecule has 0 radical (unpaired) electrons. The van der Waals surface area contributed by atoms with Gasteiger partial charge in [0.25, 0.3) is 0 Å². The van der Waals surface area contributed by atoms with Crippen molar-refractivity contribution in [3.8, 4) is 11.1 Å². The number of fused-ring (bicyclic) bond motifs is 1. The maximum absolute atomic E-state index is 15.0. The molecule has 0 bridgehead atoms. The van der Waals surface area contributed by atoms with Gasteiger partial charge in [-0.15, -0.1) is 0 Å². The lowest BCUT2D eigenvalue weighted by Crippen LogP contribution is -2.36. The van der Waals surface area contributed by atoms with E-state index in [0.29, 0.717) is 52.9 Å². The number of ether oxygens (including phenoxy) is 1. The van der Waals surface area contributed by atoms with Gasteiger partial charge in [-0.1, -0.05) is 23.7 Å². The Morgan fingerprint density at radius 2 is 1.97 bits per heavy atom. The molecule has 1 aliphatic rings. The minimum Gasteiger partial charge on any atom is -0.382 e. The smallest absolute Gasteiger partial charge is 0.323 e. The van der Waals surface area contributed by atoms with Gasteiger partial charge in [-0.3, -0.25) is 4.90 Å². The largest absolute Gasteiger partial charge is 0.382 e. The second kappa shape index (κ2) is 9.87. The minimum atomic E-state index is -0.590. The second-order valence-corrected chi connectivity index (χ2v) is 8.56. The van der Waals surface area contributed by atoms with E-state index < -0.39 is 11.8 Å². The molecule has 4 aromatic rings. The number of aromatic nitrogens is 3. The van der Waals surface area contributed by atoms with Crippen LogP contribution in [0.25, 0.3) is 16.6 Å². The zero-order valence-electron chi connectivity index (χ0n) is 18.7. The molecule has 0 atom stereocenters. The maximum atomic E-state index is 15.0. The van der Waals surface area contributed by atoms with E-state index in [4.69, 9.17) is 22.1 Å². The summed E-state index contributed by atoms with van der Waals surface area (Å²) in [5.41, 5.74) is 9.54. The van der Waals surface area contributed by atoms with Crippen LogP contribution in [0.1, 0.15) is 5.69 Å². The van der Waals surface area contributed by atoms with Crippen LogP contribution in [0, 0.1) is 5.82 Å². The number of amides is 2. The fourth-order valence-corrected chi connectivity index (χ4v) is 4.28. The van der Waals surface area contributed by atoms with Crippen molar-refractivity contribution in [3.05, 3.63) is 71.4 Å². The van der Waals surface area contributed by atoms with Gasteiger partial charge in [0.15, 0.2) is 5.82 Å². The molecule has 5 rings (SSSR count). The number of carbonyl (C=O) groups excluding carboxylic acids is 1. The van der Waals surface area contributed by atoms with Crippen LogP contribution in [0.5, 0.6) is 0 Å². The Hall–Kier alpha value is -3.73. The lowest BCUT2D eigenvalue weighted by molar-refractivity contribution is 0.0334.